The fourth-order valence-corrected chi connectivity index (χ4v) is 8.10. The number of nitrogens with zero attached hydrogens (tertiary/aromatic N) is 2. The molecule has 56 heavy (non-hydrogen) atoms. The summed E-state index contributed by atoms with van der Waals surface area (Å²) in [6.45, 7) is 0. The van der Waals surface area contributed by atoms with Crippen molar-refractivity contribution in [1.29, 1.82) is 0 Å². The normalized spacial score (nSPS) is 13.0. The number of rotatable bonds is 8. The molecule has 10 rings (SSSR count). The molecular weight excluding hydrogens is 677 g/mol. The van der Waals surface area contributed by atoms with Crippen molar-refractivity contribution in [2.45, 2.75) is 12.8 Å². The number of benzene rings is 9. The van der Waals surface area contributed by atoms with Crippen LogP contribution >= 0.6 is 0 Å². The number of hydrogen-bond donors (Lipinski definition) is 0. The Labute approximate surface area is 328 Å². The Morgan fingerprint density at radius 1 is 0.304 bits per heavy atom. The van der Waals surface area contributed by atoms with Gasteiger partial charge in [-0.15, -0.1) is 0 Å². The van der Waals surface area contributed by atoms with Crippen LogP contribution in [0.1, 0.15) is 18.4 Å². The molecule has 1 aliphatic carbocycles. The Morgan fingerprint density at radius 2 is 0.679 bits per heavy atom. The highest BCUT2D eigenvalue weighted by atomic mass is 15.2. The van der Waals surface area contributed by atoms with Crippen LogP contribution in [0.3, 0.4) is 0 Å². The Balaban J connectivity index is 0.948. The summed E-state index contributed by atoms with van der Waals surface area (Å²) < 4.78 is 0. The Hall–Kier alpha value is -7.16. The van der Waals surface area contributed by atoms with Crippen molar-refractivity contribution in [3.8, 4) is 0 Å². The first-order valence-electron chi connectivity index (χ1n) is 19.5. The first-order chi connectivity index (χ1) is 27.7. The zero-order valence-electron chi connectivity index (χ0n) is 31.1. The summed E-state index contributed by atoms with van der Waals surface area (Å²) in [6, 6.07) is 70.4. The fraction of sp³-hybridized carbons (Fsp3) is 0.0370. The predicted octanol–water partition coefficient (Wildman–Crippen LogP) is 15.2. The van der Waals surface area contributed by atoms with E-state index in [-0.39, 0.29) is 0 Å². The van der Waals surface area contributed by atoms with Gasteiger partial charge in [0.05, 0.1) is 0 Å². The third-order valence-corrected chi connectivity index (χ3v) is 11.1. The molecule has 0 aliphatic heterocycles. The molecule has 0 unspecified atom stereocenters. The molecule has 2 nitrogen and oxygen atoms in total. The summed E-state index contributed by atoms with van der Waals surface area (Å²) in [5.74, 6) is 0. The maximum atomic E-state index is 2.44. The largest absolute Gasteiger partial charge is 0.314 e. The number of allylic oxidation sites excluding steroid dienone is 5. The van der Waals surface area contributed by atoms with E-state index in [2.05, 4.69) is 228 Å². The van der Waals surface area contributed by atoms with E-state index in [0.717, 1.165) is 29.9 Å². The first kappa shape index (κ1) is 33.4. The van der Waals surface area contributed by atoms with Crippen LogP contribution in [0.4, 0.5) is 28.4 Å². The van der Waals surface area contributed by atoms with Gasteiger partial charge in [-0.1, -0.05) is 152 Å². The van der Waals surface area contributed by atoms with E-state index in [4.69, 9.17) is 0 Å². The molecule has 0 bridgehead atoms. The monoisotopic (exact) mass is 716 g/mol. The minimum atomic E-state index is 0.946. The molecule has 2 heteroatoms. The van der Waals surface area contributed by atoms with E-state index in [1.165, 1.54) is 71.3 Å². The van der Waals surface area contributed by atoms with Crippen LogP contribution < -0.4 is 9.80 Å². The van der Waals surface area contributed by atoms with Gasteiger partial charge in [0, 0.05) is 34.1 Å². The smallest absolute Gasteiger partial charge is 0.0468 e. The van der Waals surface area contributed by atoms with E-state index in [1.54, 1.807) is 0 Å². The summed E-state index contributed by atoms with van der Waals surface area (Å²) in [4.78, 5) is 4.80. The van der Waals surface area contributed by atoms with E-state index >= 15 is 0 Å². The number of fused-ring (bicyclic) bond motifs is 4. The number of hydrogen-bond acceptors (Lipinski definition) is 2. The minimum absolute atomic E-state index is 0.946. The Bertz CT molecular complexity index is 2830. The molecule has 0 radical (unpaired) electrons. The lowest BCUT2D eigenvalue weighted by Gasteiger charge is -2.30. The number of anilines is 5. The van der Waals surface area contributed by atoms with Crippen LogP contribution in [0.2, 0.25) is 0 Å². The Kier molecular flexibility index (Phi) is 8.70. The van der Waals surface area contributed by atoms with Gasteiger partial charge in [-0.05, 0) is 134 Å². The molecule has 266 valence electrons. The molecule has 0 fully saturated rings. The molecular formula is C54H40N2. The minimum Gasteiger partial charge on any atom is -0.314 e. The summed E-state index contributed by atoms with van der Waals surface area (Å²) in [5.41, 5.74) is 9.55. The van der Waals surface area contributed by atoms with Gasteiger partial charge in [-0.3, -0.25) is 0 Å². The van der Waals surface area contributed by atoms with Crippen molar-refractivity contribution in [3.05, 3.63) is 229 Å². The van der Waals surface area contributed by atoms with E-state index in [1.807, 2.05) is 0 Å². The quantitative estimate of drug-likeness (QED) is 0.154. The van der Waals surface area contributed by atoms with Crippen molar-refractivity contribution in [2.75, 3.05) is 9.80 Å². The molecule has 1 aliphatic rings. The zero-order valence-corrected chi connectivity index (χ0v) is 31.1. The van der Waals surface area contributed by atoms with Gasteiger partial charge in [-0.25, -0.2) is 0 Å². The zero-order chi connectivity index (χ0) is 37.3. The Morgan fingerprint density at radius 3 is 1.07 bits per heavy atom. The summed E-state index contributed by atoms with van der Waals surface area (Å²) in [6.07, 6.45) is 11.0. The van der Waals surface area contributed by atoms with Crippen molar-refractivity contribution < 1.29 is 0 Å². The maximum absolute atomic E-state index is 2.44. The topological polar surface area (TPSA) is 6.48 Å². The van der Waals surface area contributed by atoms with Crippen LogP contribution in [-0.2, 0) is 0 Å². The lowest BCUT2D eigenvalue weighted by molar-refractivity contribution is 0.893. The van der Waals surface area contributed by atoms with Crippen LogP contribution in [0.25, 0.3) is 49.2 Å². The second-order valence-corrected chi connectivity index (χ2v) is 14.6. The van der Waals surface area contributed by atoms with Crippen molar-refractivity contribution >= 4 is 77.6 Å². The SMILES string of the molecule is C1=C(/C=C/c2ccc(N(c3ccc4ccccc4c3)c3ccc4ccccc4c3)cc2)CCC(N(c2ccc3ccccc3c2)c2ccc3ccccc3c2)=C1. The molecule has 0 atom stereocenters. The van der Waals surface area contributed by atoms with E-state index in [0.29, 0.717) is 0 Å². The van der Waals surface area contributed by atoms with Crippen LogP contribution in [0.5, 0.6) is 0 Å². The second kappa shape index (κ2) is 14.6. The first-order valence-corrected chi connectivity index (χ1v) is 19.5. The second-order valence-electron chi connectivity index (χ2n) is 14.6. The van der Waals surface area contributed by atoms with Crippen LogP contribution in [0, 0.1) is 0 Å². The molecule has 0 amide bonds. The fourth-order valence-electron chi connectivity index (χ4n) is 8.10. The van der Waals surface area contributed by atoms with Gasteiger partial charge < -0.3 is 9.80 Å². The van der Waals surface area contributed by atoms with Crippen molar-refractivity contribution in [3.63, 3.8) is 0 Å². The third kappa shape index (κ3) is 6.63. The summed E-state index contributed by atoms with van der Waals surface area (Å²) in [7, 11) is 0. The van der Waals surface area contributed by atoms with Gasteiger partial charge in [0.25, 0.3) is 0 Å². The van der Waals surface area contributed by atoms with Gasteiger partial charge in [0.2, 0.25) is 0 Å². The van der Waals surface area contributed by atoms with Crippen molar-refractivity contribution in [2.24, 2.45) is 0 Å². The van der Waals surface area contributed by atoms with E-state index in [9.17, 15) is 0 Å². The van der Waals surface area contributed by atoms with Crippen LogP contribution in [0.15, 0.2) is 224 Å². The molecule has 0 spiro atoms. The molecule has 9 aromatic carbocycles. The maximum Gasteiger partial charge on any atom is 0.0468 e. The standard InChI is InChI=1S/C54H40N2/c1-5-13-45-35-51(31-23-41(45)9-1)55(52-32-24-42-10-2-6-14-46(42)36-52)49-27-19-39(20-28-49)17-18-40-21-29-50(30-22-40)56(53-33-25-43-11-3-7-15-47(43)37-53)54-34-26-44-12-4-8-16-48(44)38-54/h1-21,23-29,31-38H,22,30H2/b18-17+. The highest BCUT2D eigenvalue weighted by molar-refractivity contribution is 5.93. The summed E-state index contributed by atoms with van der Waals surface area (Å²) in [5, 5.41) is 9.93. The average molecular weight is 717 g/mol. The third-order valence-electron chi connectivity index (χ3n) is 11.1. The average Bonchev–Trinajstić information content (AvgIpc) is 3.26. The lowest BCUT2D eigenvalue weighted by Crippen LogP contribution is -2.17. The molecule has 0 aromatic heterocycles. The summed E-state index contributed by atoms with van der Waals surface area (Å²) >= 11 is 0. The predicted molar refractivity (Wildman–Crippen MR) is 241 cm³/mol. The lowest BCUT2D eigenvalue weighted by atomic mass is 9.99. The van der Waals surface area contributed by atoms with Gasteiger partial charge in [0.1, 0.15) is 0 Å². The molecule has 0 N–H and O–H groups in total. The van der Waals surface area contributed by atoms with Gasteiger partial charge >= 0.3 is 0 Å². The highest BCUT2D eigenvalue weighted by Gasteiger charge is 2.18. The molecule has 9 aromatic rings. The van der Waals surface area contributed by atoms with Crippen molar-refractivity contribution in [1.82, 2.24) is 0 Å². The molecule has 0 saturated carbocycles. The van der Waals surface area contributed by atoms with Crippen LogP contribution in [-0.4, -0.2) is 0 Å². The van der Waals surface area contributed by atoms with E-state index < -0.39 is 0 Å². The van der Waals surface area contributed by atoms with Gasteiger partial charge in [0.15, 0.2) is 0 Å². The van der Waals surface area contributed by atoms with Gasteiger partial charge in [-0.2, -0.15) is 0 Å². The highest BCUT2D eigenvalue weighted by Crippen LogP contribution is 2.39. The molecule has 0 saturated heterocycles. The molecule has 0 heterocycles.